The number of thioether (sulfide) groups is 1. The summed E-state index contributed by atoms with van der Waals surface area (Å²) >= 11 is 9.64. The summed E-state index contributed by atoms with van der Waals surface area (Å²) in [7, 11) is 0. The van der Waals surface area contributed by atoms with E-state index in [0.29, 0.717) is 16.3 Å². The summed E-state index contributed by atoms with van der Waals surface area (Å²) in [5.41, 5.74) is 2.29. The number of nitrogens with zero attached hydrogens (tertiary/aromatic N) is 3. The number of fused-ring (bicyclic) bond motifs is 1. The van der Waals surface area contributed by atoms with Gasteiger partial charge in [-0.2, -0.15) is 10.4 Å². The molecule has 2 heterocycles. The predicted molar refractivity (Wildman–Crippen MR) is 92.6 cm³/mol. The minimum Gasteiger partial charge on any atom is -0.192 e. The van der Waals surface area contributed by atoms with Gasteiger partial charge in [-0.05, 0) is 25.5 Å². The average molecular weight is 346 g/mol. The van der Waals surface area contributed by atoms with Gasteiger partial charge in [0, 0.05) is 20.7 Å². The first kappa shape index (κ1) is 15.3. The van der Waals surface area contributed by atoms with Crippen LogP contribution in [-0.2, 0) is 5.75 Å². The Labute approximate surface area is 141 Å². The second-order valence-corrected chi connectivity index (χ2v) is 7.31. The van der Waals surface area contributed by atoms with Crippen LogP contribution in [0.2, 0.25) is 5.02 Å². The predicted octanol–water partition coefficient (Wildman–Crippen LogP) is 5.13. The summed E-state index contributed by atoms with van der Waals surface area (Å²) < 4.78 is 1.18. The third-order valence-electron chi connectivity index (χ3n) is 3.48. The highest BCUT2D eigenvalue weighted by atomic mass is 35.5. The molecule has 0 aliphatic carbocycles. The zero-order valence-corrected chi connectivity index (χ0v) is 14.4. The number of benzene rings is 1. The van der Waals surface area contributed by atoms with E-state index in [1.165, 1.54) is 16.5 Å². The smallest absolute Gasteiger partial charge is 0.137 e. The number of halogens is 1. The number of thiophene rings is 1. The largest absolute Gasteiger partial charge is 0.192 e. The Balaban J connectivity index is 1.90. The van der Waals surface area contributed by atoms with Crippen LogP contribution in [0.25, 0.3) is 10.1 Å². The van der Waals surface area contributed by atoms with Crippen molar-refractivity contribution in [2.24, 2.45) is 0 Å². The van der Waals surface area contributed by atoms with E-state index in [0.717, 1.165) is 26.5 Å². The molecule has 0 aliphatic heterocycles. The van der Waals surface area contributed by atoms with Gasteiger partial charge in [0.15, 0.2) is 0 Å². The van der Waals surface area contributed by atoms with Crippen molar-refractivity contribution in [3.05, 3.63) is 51.0 Å². The Morgan fingerprint density at radius 3 is 2.77 bits per heavy atom. The molecule has 0 unspecified atom stereocenters. The van der Waals surface area contributed by atoms with Crippen molar-refractivity contribution in [2.75, 3.05) is 0 Å². The topological polar surface area (TPSA) is 49.6 Å². The van der Waals surface area contributed by atoms with Crippen LogP contribution >= 0.6 is 34.7 Å². The highest BCUT2D eigenvalue weighted by Gasteiger charge is 2.14. The van der Waals surface area contributed by atoms with Gasteiger partial charge >= 0.3 is 0 Å². The van der Waals surface area contributed by atoms with Crippen LogP contribution < -0.4 is 0 Å². The lowest BCUT2D eigenvalue weighted by molar-refractivity contribution is 0.871. The van der Waals surface area contributed by atoms with Crippen molar-refractivity contribution < 1.29 is 0 Å². The molecule has 0 N–H and O–H groups in total. The summed E-state index contributed by atoms with van der Waals surface area (Å²) in [6.07, 6.45) is 0. The molecule has 0 bridgehead atoms. The summed E-state index contributed by atoms with van der Waals surface area (Å²) in [5, 5.41) is 20.1. The van der Waals surface area contributed by atoms with Crippen molar-refractivity contribution in [3.8, 4) is 6.07 Å². The molecule has 0 aliphatic rings. The van der Waals surface area contributed by atoms with E-state index in [-0.39, 0.29) is 0 Å². The molecule has 1 aromatic carbocycles. The van der Waals surface area contributed by atoms with Crippen LogP contribution in [0.5, 0.6) is 0 Å². The number of hydrogen-bond donors (Lipinski definition) is 0. The monoisotopic (exact) mass is 345 g/mol. The molecule has 6 heteroatoms. The first-order valence-corrected chi connectivity index (χ1v) is 8.82. The van der Waals surface area contributed by atoms with Crippen LogP contribution in [0.4, 0.5) is 0 Å². The standard InChI is InChI=1S/C16H12ClN3S2/c1-9-10(2)19-20-16(12(9)7-18)21-8-14-15(17)11-5-3-4-6-13(11)22-14/h3-6H,8H2,1-2H3. The quantitative estimate of drug-likeness (QED) is 0.618. The van der Waals surface area contributed by atoms with Crippen LogP contribution in [0.3, 0.4) is 0 Å². The van der Waals surface area contributed by atoms with Gasteiger partial charge in [-0.25, -0.2) is 0 Å². The van der Waals surface area contributed by atoms with E-state index >= 15 is 0 Å². The summed E-state index contributed by atoms with van der Waals surface area (Å²) in [5.74, 6) is 0.685. The van der Waals surface area contributed by atoms with E-state index in [2.05, 4.69) is 22.3 Å². The number of aromatic nitrogens is 2. The summed E-state index contributed by atoms with van der Waals surface area (Å²) in [4.78, 5) is 1.09. The third kappa shape index (κ3) is 2.70. The third-order valence-corrected chi connectivity index (χ3v) is 6.37. The van der Waals surface area contributed by atoms with Crippen molar-refractivity contribution in [2.45, 2.75) is 24.6 Å². The van der Waals surface area contributed by atoms with Gasteiger partial charge in [0.05, 0.1) is 16.3 Å². The van der Waals surface area contributed by atoms with Gasteiger partial charge in [-0.15, -0.1) is 16.4 Å². The maximum absolute atomic E-state index is 9.34. The average Bonchev–Trinajstić information content (AvgIpc) is 2.85. The normalized spacial score (nSPS) is 10.8. The van der Waals surface area contributed by atoms with Gasteiger partial charge in [-0.1, -0.05) is 41.6 Å². The number of aryl methyl sites for hydroxylation is 1. The molecule has 0 radical (unpaired) electrons. The van der Waals surface area contributed by atoms with E-state index in [1.54, 1.807) is 11.3 Å². The SMILES string of the molecule is Cc1nnc(SCc2sc3ccccc3c2Cl)c(C#N)c1C. The summed E-state index contributed by atoms with van der Waals surface area (Å²) in [6, 6.07) is 10.3. The lowest BCUT2D eigenvalue weighted by Gasteiger charge is -2.06. The molecule has 0 amide bonds. The molecule has 0 spiro atoms. The molecule has 110 valence electrons. The Kier molecular flexibility index (Phi) is 4.34. The number of rotatable bonds is 3. The van der Waals surface area contributed by atoms with Gasteiger partial charge < -0.3 is 0 Å². The second kappa shape index (κ2) is 6.25. The van der Waals surface area contributed by atoms with Crippen LogP contribution in [-0.4, -0.2) is 10.2 Å². The summed E-state index contributed by atoms with van der Waals surface area (Å²) in [6.45, 7) is 3.76. The van der Waals surface area contributed by atoms with Crippen molar-refractivity contribution in [1.82, 2.24) is 10.2 Å². The molecule has 0 saturated heterocycles. The Morgan fingerprint density at radius 1 is 1.27 bits per heavy atom. The van der Waals surface area contributed by atoms with Gasteiger partial charge in [-0.3, -0.25) is 0 Å². The van der Waals surface area contributed by atoms with Crippen LogP contribution in [0.15, 0.2) is 29.3 Å². The molecular formula is C16H12ClN3S2. The lowest BCUT2D eigenvalue weighted by Crippen LogP contribution is -1.98. The van der Waals surface area contributed by atoms with E-state index in [1.807, 2.05) is 32.0 Å². The van der Waals surface area contributed by atoms with Crippen molar-refractivity contribution in [1.29, 1.82) is 5.26 Å². The fourth-order valence-electron chi connectivity index (χ4n) is 2.11. The Morgan fingerprint density at radius 2 is 2.05 bits per heavy atom. The number of hydrogen-bond acceptors (Lipinski definition) is 5. The maximum Gasteiger partial charge on any atom is 0.137 e. The maximum atomic E-state index is 9.34. The highest BCUT2D eigenvalue weighted by molar-refractivity contribution is 7.98. The van der Waals surface area contributed by atoms with E-state index < -0.39 is 0 Å². The first-order valence-electron chi connectivity index (χ1n) is 6.64. The minimum absolute atomic E-state index is 0.606. The number of nitriles is 1. The molecule has 3 aromatic rings. The molecule has 0 atom stereocenters. The van der Waals surface area contributed by atoms with E-state index in [9.17, 15) is 5.26 Å². The lowest BCUT2D eigenvalue weighted by atomic mass is 10.1. The van der Waals surface area contributed by atoms with Crippen molar-refractivity contribution >= 4 is 44.8 Å². The zero-order valence-electron chi connectivity index (χ0n) is 12.1. The fraction of sp³-hybridized carbons (Fsp3) is 0.188. The molecule has 22 heavy (non-hydrogen) atoms. The van der Waals surface area contributed by atoms with Crippen LogP contribution in [0.1, 0.15) is 21.7 Å². The molecule has 0 fully saturated rings. The highest BCUT2D eigenvalue weighted by Crippen LogP contribution is 2.38. The van der Waals surface area contributed by atoms with E-state index in [4.69, 9.17) is 11.6 Å². The molecule has 3 rings (SSSR count). The van der Waals surface area contributed by atoms with Crippen molar-refractivity contribution in [3.63, 3.8) is 0 Å². The second-order valence-electron chi connectivity index (χ2n) is 4.83. The molecule has 0 saturated carbocycles. The molecular weight excluding hydrogens is 334 g/mol. The minimum atomic E-state index is 0.606. The Hall–Kier alpha value is -1.61. The Bertz CT molecular complexity index is 896. The molecule has 2 aromatic heterocycles. The van der Waals surface area contributed by atoms with Gasteiger partial charge in [0.2, 0.25) is 0 Å². The first-order chi connectivity index (χ1) is 10.6. The fourth-order valence-corrected chi connectivity index (χ4v) is 4.75. The van der Waals surface area contributed by atoms with Gasteiger partial charge in [0.25, 0.3) is 0 Å². The zero-order chi connectivity index (χ0) is 15.7. The van der Waals surface area contributed by atoms with Crippen LogP contribution in [0, 0.1) is 25.2 Å². The molecule has 3 nitrogen and oxygen atoms in total. The van der Waals surface area contributed by atoms with Gasteiger partial charge in [0.1, 0.15) is 11.1 Å².